The van der Waals surface area contributed by atoms with E-state index in [1.165, 1.54) is 64.3 Å². The molecule has 0 aromatic carbocycles. The molecule has 0 unspecified atom stereocenters. The van der Waals surface area contributed by atoms with Crippen LogP contribution < -0.4 is 11.1 Å². The highest BCUT2D eigenvalue weighted by Crippen LogP contribution is 2.35. The van der Waals surface area contributed by atoms with Crippen molar-refractivity contribution in [2.75, 3.05) is 6.54 Å². The van der Waals surface area contributed by atoms with Crippen LogP contribution in [0.2, 0.25) is 0 Å². The Morgan fingerprint density at radius 2 is 1.69 bits per heavy atom. The molecule has 2 heteroatoms. The van der Waals surface area contributed by atoms with E-state index < -0.39 is 0 Å². The molecule has 2 nitrogen and oxygen atoms in total. The maximum absolute atomic E-state index is 5.93. The molecule has 2 aliphatic rings. The minimum absolute atomic E-state index is 0.475. The zero-order valence-electron chi connectivity index (χ0n) is 10.8. The molecule has 0 amide bonds. The second kappa shape index (κ2) is 5.50. The Balaban J connectivity index is 1.70. The highest BCUT2D eigenvalue weighted by molar-refractivity contribution is 4.84. The molecule has 0 aromatic rings. The number of nitrogens with one attached hydrogen (secondary N) is 1. The Labute approximate surface area is 100 Å². The van der Waals surface area contributed by atoms with Crippen molar-refractivity contribution < 1.29 is 0 Å². The molecule has 0 aromatic heterocycles. The van der Waals surface area contributed by atoms with E-state index in [1.807, 2.05) is 0 Å². The summed E-state index contributed by atoms with van der Waals surface area (Å²) in [6, 6.07) is 1.22. The molecule has 2 rings (SSSR count). The van der Waals surface area contributed by atoms with Crippen LogP contribution in [-0.2, 0) is 0 Å². The molecule has 94 valence electrons. The summed E-state index contributed by atoms with van der Waals surface area (Å²) in [6.45, 7) is 3.70. The number of rotatable bonds is 3. The van der Waals surface area contributed by atoms with E-state index in [9.17, 15) is 0 Å². The lowest BCUT2D eigenvalue weighted by molar-refractivity contribution is 0.191. The van der Waals surface area contributed by atoms with Crippen molar-refractivity contribution in [3.63, 3.8) is 0 Å². The highest BCUT2D eigenvalue weighted by Gasteiger charge is 2.28. The Hall–Kier alpha value is -0.0800. The maximum atomic E-state index is 5.93. The van der Waals surface area contributed by atoms with Crippen molar-refractivity contribution in [1.82, 2.24) is 5.32 Å². The Morgan fingerprint density at radius 1 is 1.06 bits per heavy atom. The zero-order valence-corrected chi connectivity index (χ0v) is 10.8. The monoisotopic (exact) mass is 224 g/mol. The van der Waals surface area contributed by atoms with Gasteiger partial charge in [0.15, 0.2) is 0 Å². The van der Waals surface area contributed by atoms with Crippen molar-refractivity contribution in [3.8, 4) is 0 Å². The lowest BCUT2D eigenvalue weighted by Gasteiger charge is -2.36. The minimum Gasteiger partial charge on any atom is -0.328 e. The van der Waals surface area contributed by atoms with Gasteiger partial charge in [-0.3, -0.25) is 0 Å². The fourth-order valence-electron chi connectivity index (χ4n) is 3.30. The van der Waals surface area contributed by atoms with Gasteiger partial charge in [0.2, 0.25) is 0 Å². The normalized spacial score (nSPS) is 34.9. The van der Waals surface area contributed by atoms with Gasteiger partial charge in [-0.25, -0.2) is 0 Å². The van der Waals surface area contributed by atoms with E-state index in [4.69, 9.17) is 5.73 Å². The first kappa shape index (κ1) is 12.4. The van der Waals surface area contributed by atoms with E-state index in [-0.39, 0.29) is 0 Å². The maximum Gasteiger partial charge on any atom is 0.00684 e. The van der Waals surface area contributed by atoms with Crippen LogP contribution in [0.5, 0.6) is 0 Å². The molecule has 0 radical (unpaired) electrons. The SMILES string of the molecule is CC1(CNC2CCC(N)CC2)CCCCC1. The molecule has 0 bridgehead atoms. The van der Waals surface area contributed by atoms with Gasteiger partial charge in [0.05, 0.1) is 0 Å². The fourth-order valence-corrected chi connectivity index (χ4v) is 3.30. The standard InChI is InChI=1S/C14H28N2/c1-14(9-3-2-4-10-14)11-16-13-7-5-12(15)6-8-13/h12-13,16H,2-11,15H2,1H3. The van der Waals surface area contributed by atoms with E-state index in [1.54, 1.807) is 0 Å². The minimum atomic E-state index is 0.475. The van der Waals surface area contributed by atoms with Gasteiger partial charge >= 0.3 is 0 Å². The summed E-state index contributed by atoms with van der Waals surface area (Å²) in [5.74, 6) is 0. The molecule has 3 N–H and O–H groups in total. The third-order valence-electron chi connectivity index (χ3n) is 4.65. The molecule has 2 saturated carbocycles. The first-order valence-corrected chi connectivity index (χ1v) is 7.17. The van der Waals surface area contributed by atoms with Gasteiger partial charge in [-0.2, -0.15) is 0 Å². The second-order valence-electron chi connectivity index (χ2n) is 6.36. The summed E-state index contributed by atoms with van der Waals surface area (Å²) in [7, 11) is 0. The van der Waals surface area contributed by atoms with Crippen molar-refractivity contribution in [2.24, 2.45) is 11.1 Å². The fraction of sp³-hybridized carbons (Fsp3) is 1.00. The third-order valence-corrected chi connectivity index (χ3v) is 4.65. The average Bonchev–Trinajstić information content (AvgIpc) is 2.29. The Kier molecular flexibility index (Phi) is 4.26. The van der Waals surface area contributed by atoms with Gasteiger partial charge in [0.25, 0.3) is 0 Å². The second-order valence-corrected chi connectivity index (χ2v) is 6.36. The zero-order chi connectivity index (χ0) is 11.4. The van der Waals surface area contributed by atoms with Crippen LogP contribution in [0, 0.1) is 5.41 Å². The quantitative estimate of drug-likeness (QED) is 0.773. The first-order chi connectivity index (χ1) is 7.68. The number of hydrogen-bond acceptors (Lipinski definition) is 2. The molecule has 0 aliphatic heterocycles. The van der Waals surface area contributed by atoms with Crippen molar-refractivity contribution in [3.05, 3.63) is 0 Å². The summed E-state index contributed by atoms with van der Waals surface area (Å²) < 4.78 is 0. The number of hydrogen-bond donors (Lipinski definition) is 2. The molecule has 2 aliphatic carbocycles. The first-order valence-electron chi connectivity index (χ1n) is 7.17. The van der Waals surface area contributed by atoms with Gasteiger partial charge in [0.1, 0.15) is 0 Å². The summed E-state index contributed by atoms with van der Waals surface area (Å²) in [4.78, 5) is 0. The molecular formula is C14H28N2. The van der Waals surface area contributed by atoms with Crippen molar-refractivity contribution in [2.45, 2.75) is 76.8 Å². The number of nitrogens with two attached hydrogens (primary N) is 1. The van der Waals surface area contributed by atoms with Gasteiger partial charge in [-0.1, -0.05) is 26.2 Å². The summed E-state index contributed by atoms with van der Waals surface area (Å²) in [6.07, 6.45) is 12.2. The summed E-state index contributed by atoms with van der Waals surface area (Å²) >= 11 is 0. The molecule has 0 atom stereocenters. The molecular weight excluding hydrogens is 196 g/mol. The Morgan fingerprint density at radius 3 is 2.31 bits per heavy atom. The smallest absolute Gasteiger partial charge is 0.00684 e. The molecule has 16 heavy (non-hydrogen) atoms. The molecule has 0 heterocycles. The average molecular weight is 224 g/mol. The van der Waals surface area contributed by atoms with E-state index in [2.05, 4.69) is 12.2 Å². The van der Waals surface area contributed by atoms with Gasteiger partial charge in [0, 0.05) is 18.6 Å². The highest BCUT2D eigenvalue weighted by atomic mass is 14.9. The van der Waals surface area contributed by atoms with Gasteiger partial charge in [-0.15, -0.1) is 0 Å². The van der Waals surface area contributed by atoms with E-state index in [0.29, 0.717) is 11.5 Å². The van der Waals surface area contributed by atoms with Crippen LogP contribution in [0.1, 0.15) is 64.7 Å². The molecule has 0 saturated heterocycles. The van der Waals surface area contributed by atoms with Crippen LogP contribution >= 0.6 is 0 Å². The van der Waals surface area contributed by atoms with Crippen molar-refractivity contribution in [1.29, 1.82) is 0 Å². The molecule has 0 spiro atoms. The lowest BCUT2D eigenvalue weighted by atomic mass is 9.75. The molecule has 2 fully saturated rings. The summed E-state index contributed by atoms with van der Waals surface area (Å²) in [5, 5.41) is 3.80. The van der Waals surface area contributed by atoms with Crippen LogP contribution in [0.4, 0.5) is 0 Å². The topological polar surface area (TPSA) is 38.0 Å². The van der Waals surface area contributed by atoms with Crippen LogP contribution in [0.15, 0.2) is 0 Å². The van der Waals surface area contributed by atoms with Gasteiger partial charge < -0.3 is 11.1 Å². The third kappa shape index (κ3) is 3.46. The van der Waals surface area contributed by atoms with Crippen LogP contribution in [0.3, 0.4) is 0 Å². The van der Waals surface area contributed by atoms with Crippen LogP contribution in [0.25, 0.3) is 0 Å². The van der Waals surface area contributed by atoms with Crippen molar-refractivity contribution >= 4 is 0 Å². The van der Waals surface area contributed by atoms with E-state index >= 15 is 0 Å². The summed E-state index contributed by atoms with van der Waals surface area (Å²) in [5.41, 5.74) is 6.52. The predicted octanol–water partition coefficient (Wildman–Crippen LogP) is 2.82. The Bertz CT molecular complexity index is 201. The van der Waals surface area contributed by atoms with E-state index in [0.717, 1.165) is 6.04 Å². The predicted molar refractivity (Wildman–Crippen MR) is 69.4 cm³/mol. The van der Waals surface area contributed by atoms with Crippen LogP contribution in [-0.4, -0.2) is 18.6 Å². The largest absolute Gasteiger partial charge is 0.328 e. The van der Waals surface area contributed by atoms with Gasteiger partial charge in [-0.05, 0) is 43.9 Å². The lowest BCUT2D eigenvalue weighted by Crippen LogP contribution is -2.42.